The number of amides is 1. The van der Waals surface area contributed by atoms with Crippen molar-refractivity contribution in [2.75, 3.05) is 24.5 Å². The molecule has 0 unspecified atom stereocenters. The van der Waals surface area contributed by atoms with Crippen LogP contribution in [-0.2, 0) is 11.2 Å². The van der Waals surface area contributed by atoms with E-state index in [-0.39, 0.29) is 5.91 Å². The van der Waals surface area contributed by atoms with Gasteiger partial charge in [0, 0.05) is 49.1 Å². The predicted octanol–water partition coefficient (Wildman–Crippen LogP) is 5.26. The van der Waals surface area contributed by atoms with Crippen LogP contribution in [0.4, 0.5) is 5.69 Å². The number of rotatable bonds is 11. The van der Waals surface area contributed by atoms with E-state index < -0.39 is 0 Å². The molecule has 0 saturated carbocycles. The molecule has 208 valence electrons. The lowest BCUT2D eigenvalue weighted by atomic mass is 10.2. The van der Waals surface area contributed by atoms with Crippen molar-refractivity contribution in [2.24, 2.45) is 0 Å². The lowest BCUT2D eigenvalue weighted by molar-refractivity contribution is -0.121. The molecular weight excluding hydrogens is 512 g/mol. The number of fused-ring (bicyclic) bond motifs is 6. The molecule has 3 aromatic heterocycles. The first-order valence-electron chi connectivity index (χ1n) is 14.3. The number of nitrogens with one attached hydrogen (secondary N) is 1. The Hall–Kier alpha value is -4.79. The molecule has 6 aromatic rings. The molecule has 0 saturated heterocycles. The molecule has 9 nitrogen and oxygen atoms in total. The summed E-state index contributed by atoms with van der Waals surface area (Å²) in [5.74, 6) is 2.13. The van der Waals surface area contributed by atoms with Gasteiger partial charge in [0.2, 0.25) is 5.91 Å². The summed E-state index contributed by atoms with van der Waals surface area (Å²) in [6.45, 7) is 6.77. The van der Waals surface area contributed by atoms with Crippen LogP contribution in [0.1, 0.15) is 37.6 Å². The van der Waals surface area contributed by atoms with Crippen molar-refractivity contribution in [2.45, 2.75) is 39.5 Å². The number of benzene rings is 3. The summed E-state index contributed by atoms with van der Waals surface area (Å²) in [6.07, 6.45) is 2.64. The molecule has 1 N–H and O–H groups in total. The summed E-state index contributed by atoms with van der Waals surface area (Å²) < 4.78 is 3.80. The maximum Gasteiger partial charge on any atom is 0.258 e. The Morgan fingerprint density at radius 2 is 1.78 bits per heavy atom. The molecule has 3 aromatic carbocycles. The van der Waals surface area contributed by atoms with E-state index >= 15 is 0 Å². The van der Waals surface area contributed by atoms with Gasteiger partial charge in [0.15, 0.2) is 11.5 Å². The van der Waals surface area contributed by atoms with Crippen molar-refractivity contribution in [1.82, 2.24) is 34.5 Å². The average Bonchev–Trinajstić information content (AvgIpc) is 3.63. The van der Waals surface area contributed by atoms with Crippen LogP contribution in [0.3, 0.4) is 0 Å². The highest BCUT2D eigenvalue weighted by molar-refractivity contribution is 5.94. The molecule has 0 spiro atoms. The summed E-state index contributed by atoms with van der Waals surface area (Å²) in [5, 5.41) is 17.8. The zero-order valence-corrected chi connectivity index (χ0v) is 23.5. The number of aryl methyl sites for hydroxylation is 2. The van der Waals surface area contributed by atoms with Crippen LogP contribution in [0.15, 0.2) is 78.9 Å². The number of anilines is 1. The van der Waals surface area contributed by atoms with Crippen LogP contribution < -0.4 is 10.2 Å². The van der Waals surface area contributed by atoms with E-state index in [1.807, 2.05) is 52.9 Å². The predicted molar refractivity (Wildman–Crippen MR) is 162 cm³/mol. The highest BCUT2D eigenvalue weighted by Crippen LogP contribution is 2.25. The van der Waals surface area contributed by atoms with E-state index in [0.717, 1.165) is 47.4 Å². The van der Waals surface area contributed by atoms with Crippen LogP contribution in [0.5, 0.6) is 0 Å². The van der Waals surface area contributed by atoms with E-state index in [1.165, 1.54) is 11.3 Å². The van der Waals surface area contributed by atoms with Gasteiger partial charge in [0.05, 0.1) is 5.52 Å². The average molecular weight is 547 g/mol. The van der Waals surface area contributed by atoms with Crippen molar-refractivity contribution in [3.05, 3.63) is 90.3 Å². The second kappa shape index (κ2) is 11.8. The number of nitrogens with zero attached hydrogens (tertiary/aromatic N) is 7. The molecule has 0 atom stereocenters. The van der Waals surface area contributed by atoms with Gasteiger partial charge in [-0.3, -0.25) is 9.20 Å². The molecule has 3 heterocycles. The SMILES string of the molecule is CCN(CCCNC(=O)CCCc1nnc2n3nc(-c4ccccc4)nc3c3ccccc3n12)c1cccc(C)c1. The van der Waals surface area contributed by atoms with Crippen molar-refractivity contribution in [1.29, 1.82) is 0 Å². The van der Waals surface area contributed by atoms with E-state index in [4.69, 9.17) is 10.1 Å². The first-order chi connectivity index (χ1) is 20.1. The zero-order chi connectivity index (χ0) is 28.2. The molecule has 0 bridgehead atoms. The highest BCUT2D eigenvalue weighted by atomic mass is 16.1. The van der Waals surface area contributed by atoms with E-state index in [9.17, 15) is 4.79 Å². The van der Waals surface area contributed by atoms with Gasteiger partial charge >= 0.3 is 0 Å². The first-order valence-corrected chi connectivity index (χ1v) is 14.3. The molecule has 9 heteroatoms. The van der Waals surface area contributed by atoms with Crippen LogP contribution in [0.2, 0.25) is 0 Å². The van der Waals surface area contributed by atoms with Crippen LogP contribution >= 0.6 is 0 Å². The Morgan fingerprint density at radius 3 is 2.61 bits per heavy atom. The highest BCUT2D eigenvalue weighted by Gasteiger charge is 2.18. The number of para-hydroxylation sites is 1. The Kier molecular flexibility index (Phi) is 7.58. The molecule has 0 fully saturated rings. The van der Waals surface area contributed by atoms with Crippen molar-refractivity contribution in [3.63, 3.8) is 0 Å². The van der Waals surface area contributed by atoms with E-state index in [1.54, 1.807) is 4.52 Å². The minimum Gasteiger partial charge on any atom is -0.372 e. The lowest BCUT2D eigenvalue weighted by Gasteiger charge is -2.23. The fraction of sp³-hybridized carbons (Fsp3) is 0.281. The van der Waals surface area contributed by atoms with Gasteiger partial charge in [-0.2, -0.15) is 4.52 Å². The van der Waals surface area contributed by atoms with Crippen LogP contribution in [-0.4, -0.2) is 54.7 Å². The van der Waals surface area contributed by atoms with Gasteiger partial charge in [0.1, 0.15) is 5.82 Å². The molecule has 41 heavy (non-hydrogen) atoms. The monoisotopic (exact) mass is 546 g/mol. The minimum atomic E-state index is 0.0634. The largest absolute Gasteiger partial charge is 0.372 e. The quantitative estimate of drug-likeness (QED) is 0.223. The topological polar surface area (TPSA) is 92.7 Å². The number of carbonyl (C=O) groups is 1. The van der Waals surface area contributed by atoms with E-state index in [2.05, 4.69) is 64.6 Å². The maximum atomic E-state index is 12.6. The fourth-order valence-electron chi connectivity index (χ4n) is 5.33. The molecule has 0 aliphatic rings. The van der Waals surface area contributed by atoms with Gasteiger partial charge in [-0.05, 0) is 56.5 Å². The van der Waals surface area contributed by atoms with Crippen LogP contribution in [0.25, 0.3) is 33.7 Å². The second-order valence-corrected chi connectivity index (χ2v) is 10.3. The Bertz CT molecular complexity index is 1810. The third-order valence-electron chi connectivity index (χ3n) is 7.41. The molecule has 0 aliphatic carbocycles. The van der Waals surface area contributed by atoms with Gasteiger partial charge in [-0.1, -0.05) is 54.6 Å². The van der Waals surface area contributed by atoms with Gasteiger partial charge in [0.25, 0.3) is 5.78 Å². The first kappa shape index (κ1) is 26.4. The number of carbonyl (C=O) groups excluding carboxylic acids is 1. The summed E-state index contributed by atoms with van der Waals surface area (Å²) >= 11 is 0. The summed E-state index contributed by atoms with van der Waals surface area (Å²) in [4.78, 5) is 19.8. The van der Waals surface area contributed by atoms with E-state index in [0.29, 0.717) is 37.4 Å². The smallest absolute Gasteiger partial charge is 0.258 e. The standard InChI is InChI=1S/C32H34N8O/c1-3-38(25-15-9-12-23(2)22-25)21-11-20-33-29(41)19-10-18-28-35-36-32-39(28)27-17-8-7-16-26(27)31-34-30(37-40(31)32)24-13-5-4-6-14-24/h4-9,12-17,22H,3,10-11,18-21H2,1-2H3,(H,33,41). The van der Waals surface area contributed by atoms with Crippen LogP contribution in [0, 0.1) is 6.92 Å². The Labute approximate surface area is 238 Å². The number of hydrogen-bond donors (Lipinski definition) is 1. The molecular formula is C32H34N8O. The van der Waals surface area contributed by atoms with Crippen molar-refractivity contribution >= 4 is 33.9 Å². The third kappa shape index (κ3) is 5.48. The molecule has 0 radical (unpaired) electrons. The Balaban J connectivity index is 1.11. The third-order valence-corrected chi connectivity index (χ3v) is 7.41. The van der Waals surface area contributed by atoms with Gasteiger partial charge in [-0.25, -0.2) is 4.98 Å². The van der Waals surface area contributed by atoms with Gasteiger partial charge < -0.3 is 10.2 Å². The molecule has 6 rings (SSSR count). The summed E-state index contributed by atoms with van der Waals surface area (Å²) in [6, 6.07) is 26.6. The van der Waals surface area contributed by atoms with Gasteiger partial charge in [-0.15, -0.1) is 15.3 Å². The maximum absolute atomic E-state index is 12.6. The molecule has 0 aliphatic heterocycles. The Morgan fingerprint density at radius 1 is 0.951 bits per heavy atom. The normalized spacial score (nSPS) is 11.5. The lowest BCUT2D eigenvalue weighted by Crippen LogP contribution is -2.29. The summed E-state index contributed by atoms with van der Waals surface area (Å²) in [7, 11) is 0. The minimum absolute atomic E-state index is 0.0634. The number of aromatic nitrogens is 6. The zero-order valence-electron chi connectivity index (χ0n) is 23.5. The molecule has 1 amide bonds. The summed E-state index contributed by atoms with van der Waals surface area (Å²) in [5.41, 5.74) is 5.15. The number of hydrogen-bond acceptors (Lipinski definition) is 6. The van der Waals surface area contributed by atoms with Crippen molar-refractivity contribution in [3.8, 4) is 11.4 Å². The second-order valence-electron chi connectivity index (χ2n) is 10.3. The van der Waals surface area contributed by atoms with Crippen molar-refractivity contribution < 1.29 is 4.79 Å². The fourth-order valence-corrected chi connectivity index (χ4v) is 5.33.